The predicted octanol–water partition coefficient (Wildman–Crippen LogP) is 5.62. The van der Waals surface area contributed by atoms with E-state index in [4.69, 9.17) is 19.5 Å². The van der Waals surface area contributed by atoms with Crippen LogP contribution in [0.5, 0.6) is 11.5 Å². The smallest absolute Gasteiger partial charge is 0.343 e. The number of nitriles is 1. The molecule has 2 aromatic rings. The summed E-state index contributed by atoms with van der Waals surface area (Å²) in [6.45, 7) is 4.46. The Labute approximate surface area is 189 Å². The molecule has 0 amide bonds. The van der Waals surface area contributed by atoms with Crippen molar-refractivity contribution in [1.82, 2.24) is 0 Å². The molecule has 0 bridgehead atoms. The van der Waals surface area contributed by atoms with E-state index in [9.17, 15) is 9.59 Å². The van der Waals surface area contributed by atoms with Gasteiger partial charge in [-0.2, -0.15) is 5.26 Å². The van der Waals surface area contributed by atoms with E-state index < -0.39 is 5.97 Å². The molecule has 2 rings (SSSR count). The van der Waals surface area contributed by atoms with Crippen molar-refractivity contribution in [2.75, 3.05) is 13.2 Å². The predicted molar refractivity (Wildman–Crippen MR) is 122 cm³/mol. The Kier molecular flexibility index (Phi) is 11.1. The lowest BCUT2D eigenvalue weighted by Gasteiger charge is -2.08. The number of carbonyl (C=O) groups excluding carboxylic acids is 2. The Hall–Kier alpha value is -3.59. The maximum atomic E-state index is 12.2. The lowest BCUT2D eigenvalue weighted by Crippen LogP contribution is -2.08. The van der Waals surface area contributed by atoms with Gasteiger partial charge in [0.25, 0.3) is 0 Å². The van der Waals surface area contributed by atoms with Gasteiger partial charge in [0.05, 0.1) is 30.4 Å². The summed E-state index contributed by atoms with van der Waals surface area (Å²) in [5, 5.41) is 8.80. The maximum absolute atomic E-state index is 12.2. The van der Waals surface area contributed by atoms with Gasteiger partial charge in [-0.1, -0.05) is 38.7 Å². The van der Waals surface area contributed by atoms with Crippen LogP contribution in [-0.4, -0.2) is 25.2 Å². The quantitative estimate of drug-likeness (QED) is 0.166. The number of esters is 2. The lowest BCUT2D eigenvalue weighted by molar-refractivity contribution is -0.137. The number of benzene rings is 2. The minimum atomic E-state index is -0.458. The van der Waals surface area contributed by atoms with Crippen LogP contribution in [0, 0.1) is 11.3 Å². The Balaban J connectivity index is 1.55. The van der Waals surface area contributed by atoms with Crippen molar-refractivity contribution in [3.8, 4) is 17.6 Å². The third-order valence-electron chi connectivity index (χ3n) is 4.75. The highest BCUT2D eigenvalue weighted by Gasteiger charge is 2.09. The van der Waals surface area contributed by atoms with Gasteiger partial charge in [0.2, 0.25) is 0 Å². The molecular formula is C26H29NO5. The number of unbranched alkanes of at least 4 members (excludes halogenated alkanes) is 6. The van der Waals surface area contributed by atoms with Crippen LogP contribution in [-0.2, 0) is 9.53 Å². The molecule has 0 aliphatic heterocycles. The van der Waals surface area contributed by atoms with Crippen LogP contribution in [0.3, 0.4) is 0 Å². The second-order valence-electron chi connectivity index (χ2n) is 7.25. The Bertz CT molecular complexity index is 897. The summed E-state index contributed by atoms with van der Waals surface area (Å²) in [6, 6.07) is 15.3. The van der Waals surface area contributed by atoms with Crippen molar-refractivity contribution in [2.24, 2.45) is 0 Å². The topological polar surface area (TPSA) is 85.6 Å². The molecule has 0 heterocycles. The summed E-state index contributed by atoms with van der Waals surface area (Å²) >= 11 is 0. The molecule has 32 heavy (non-hydrogen) atoms. The van der Waals surface area contributed by atoms with Gasteiger partial charge in [-0.05, 0) is 61.4 Å². The molecule has 0 saturated carbocycles. The molecule has 0 atom stereocenters. The zero-order valence-corrected chi connectivity index (χ0v) is 18.3. The number of hydrogen-bond acceptors (Lipinski definition) is 6. The van der Waals surface area contributed by atoms with Crippen molar-refractivity contribution in [2.45, 2.75) is 44.9 Å². The number of rotatable bonds is 14. The van der Waals surface area contributed by atoms with Gasteiger partial charge < -0.3 is 14.2 Å². The highest BCUT2D eigenvalue weighted by Crippen LogP contribution is 2.17. The molecule has 6 heteroatoms. The summed E-state index contributed by atoms with van der Waals surface area (Å²) in [4.78, 5) is 23.1. The van der Waals surface area contributed by atoms with Crippen molar-refractivity contribution >= 4 is 11.9 Å². The SMILES string of the molecule is C=CC(=O)OCCCCCCCCCOc1ccc(C(=O)Oc2ccc(C#N)cc2)cc1. The minimum absolute atomic E-state index is 0.359. The van der Waals surface area contributed by atoms with Crippen LogP contribution in [0.25, 0.3) is 0 Å². The Morgan fingerprint density at radius 3 is 1.97 bits per heavy atom. The first-order valence-electron chi connectivity index (χ1n) is 10.9. The average molecular weight is 436 g/mol. The minimum Gasteiger partial charge on any atom is -0.494 e. The maximum Gasteiger partial charge on any atom is 0.343 e. The second-order valence-corrected chi connectivity index (χ2v) is 7.25. The van der Waals surface area contributed by atoms with E-state index in [0.717, 1.165) is 44.9 Å². The summed E-state index contributed by atoms with van der Waals surface area (Å²) in [5.41, 5.74) is 0.941. The van der Waals surface area contributed by atoms with Crippen molar-refractivity contribution in [3.05, 3.63) is 72.3 Å². The molecule has 6 nitrogen and oxygen atoms in total. The molecule has 0 unspecified atom stereocenters. The van der Waals surface area contributed by atoms with Crippen LogP contribution < -0.4 is 9.47 Å². The van der Waals surface area contributed by atoms with E-state index in [1.807, 2.05) is 6.07 Å². The summed E-state index contributed by atoms with van der Waals surface area (Å²) < 4.78 is 16.0. The van der Waals surface area contributed by atoms with Crippen LogP contribution in [0.2, 0.25) is 0 Å². The average Bonchev–Trinajstić information content (AvgIpc) is 2.83. The number of nitrogens with zero attached hydrogens (tertiary/aromatic N) is 1. The first-order chi connectivity index (χ1) is 15.6. The lowest BCUT2D eigenvalue weighted by atomic mass is 10.1. The summed E-state index contributed by atoms with van der Waals surface area (Å²) in [6.07, 6.45) is 8.64. The first-order valence-corrected chi connectivity index (χ1v) is 10.9. The Morgan fingerprint density at radius 1 is 0.812 bits per heavy atom. The summed E-state index contributed by atoms with van der Waals surface area (Å²) in [7, 11) is 0. The molecule has 0 aromatic heterocycles. The van der Waals surface area contributed by atoms with E-state index in [1.165, 1.54) is 6.08 Å². The van der Waals surface area contributed by atoms with Gasteiger partial charge in [-0.15, -0.1) is 0 Å². The number of carbonyl (C=O) groups is 2. The van der Waals surface area contributed by atoms with Gasteiger partial charge in [0, 0.05) is 6.08 Å². The van der Waals surface area contributed by atoms with Crippen LogP contribution >= 0.6 is 0 Å². The zero-order valence-electron chi connectivity index (χ0n) is 18.3. The molecule has 0 radical (unpaired) electrons. The fourth-order valence-electron chi connectivity index (χ4n) is 2.96. The molecule has 0 aliphatic rings. The molecule has 0 spiro atoms. The van der Waals surface area contributed by atoms with Gasteiger partial charge >= 0.3 is 11.9 Å². The van der Waals surface area contributed by atoms with E-state index in [2.05, 4.69) is 6.58 Å². The molecule has 168 valence electrons. The number of ether oxygens (including phenoxy) is 3. The molecular weight excluding hydrogens is 406 g/mol. The molecule has 2 aromatic carbocycles. The van der Waals surface area contributed by atoms with Crippen molar-refractivity contribution < 1.29 is 23.8 Å². The first kappa shape index (κ1) is 24.7. The standard InChI is InChI=1S/C26H29NO5/c1-2-25(28)31-19-9-7-5-3-4-6-8-18-30-23-16-12-22(13-17-23)26(29)32-24-14-10-21(20-27)11-15-24/h2,10-17H,1,3-9,18-19H2. The van der Waals surface area contributed by atoms with E-state index >= 15 is 0 Å². The Morgan fingerprint density at radius 2 is 1.38 bits per heavy atom. The zero-order chi connectivity index (χ0) is 23.0. The van der Waals surface area contributed by atoms with Crippen LogP contribution in [0.1, 0.15) is 60.9 Å². The largest absolute Gasteiger partial charge is 0.494 e. The van der Waals surface area contributed by atoms with E-state index in [1.54, 1.807) is 48.5 Å². The van der Waals surface area contributed by atoms with Crippen LogP contribution in [0.15, 0.2) is 61.2 Å². The highest BCUT2D eigenvalue weighted by atomic mass is 16.5. The summed E-state index contributed by atoms with van der Waals surface area (Å²) in [5.74, 6) is 0.294. The van der Waals surface area contributed by atoms with Crippen LogP contribution in [0.4, 0.5) is 0 Å². The molecule has 0 aliphatic carbocycles. The third kappa shape index (κ3) is 9.48. The molecule has 0 N–H and O–H groups in total. The molecule has 0 saturated heterocycles. The monoisotopic (exact) mass is 435 g/mol. The normalized spacial score (nSPS) is 10.1. The fourth-order valence-corrected chi connectivity index (χ4v) is 2.96. The number of hydrogen-bond donors (Lipinski definition) is 0. The van der Waals surface area contributed by atoms with E-state index in [-0.39, 0.29) is 5.97 Å². The van der Waals surface area contributed by atoms with Gasteiger partial charge in [-0.3, -0.25) is 0 Å². The highest BCUT2D eigenvalue weighted by molar-refractivity contribution is 5.91. The third-order valence-corrected chi connectivity index (χ3v) is 4.75. The second kappa shape index (κ2) is 14.4. The molecule has 0 fully saturated rings. The van der Waals surface area contributed by atoms with Gasteiger partial charge in [0.15, 0.2) is 0 Å². The van der Waals surface area contributed by atoms with E-state index in [0.29, 0.717) is 35.8 Å². The van der Waals surface area contributed by atoms with Crippen molar-refractivity contribution in [3.63, 3.8) is 0 Å². The van der Waals surface area contributed by atoms with Gasteiger partial charge in [0.1, 0.15) is 11.5 Å². The fraction of sp³-hybridized carbons (Fsp3) is 0.346. The van der Waals surface area contributed by atoms with Gasteiger partial charge in [-0.25, -0.2) is 9.59 Å². The van der Waals surface area contributed by atoms with Crippen molar-refractivity contribution in [1.29, 1.82) is 5.26 Å².